The van der Waals surface area contributed by atoms with Crippen molar-refractivity contribution in [3.05, 3.63) is 42.5 Å². The SMILES string of the molecule is O=S(=O)(O)OCCS(=O)(=O)c1ccc(O)c(N=Nc2c(O)c(S(=O)(=O)O)cc3cc(S(=O)(=O)O)ccc23)c1.[Cu]. The van der Waals surface area contributed by atoms with Gasteiger partial charge in [-0.1, -0.05) is 6.07 Å². The maximum atomic E-state index is 12.4. The molecular formula is C18H16CuN2O14S4. The molecule has 21 heteroatoms. The van der Waals surface area contributed by atoms with Gasteiger partial charge in [-0.15, -0.1) is 10.2 Å². The molecule has 0 spiro atoms. The molecule has 217 valence electrons. The van der Waals surface area contributed by atoms with E-state index in [0.717, 1.165) is 36.4 Å². The minimum Gasteiger partial charge on any atom is -0.506 e. The minimum absolute atomic E-state index is 0. The molecule has 0 saturated heterocycles. The molecule has 3 aromatic rings. The maximum absolute atomic E-state index is 12.4. The van der Waals surface area contributed by atoms with Crippen molar-refractivity contribution >= 4 is 62.6 Å². The van der Waals surface area contributed by atoms with E-state index in [4.69, 9.17) is 4.55 Å². The van der Waals surface area contributed by atoms with Gasteiger partial charge in [0.2, 0.25) is 0 Å². The van der Waals surface area contributed by atoms with Gasteiger partial charge in [0.15, 0.2) is 15.6 Å². The van der Waals surface area contributed by atoms with Gasteiger partial charge < -0.3 is 10.2 Å². The standard InChI is InChI=1S/C18H16N2O14S4.Cu/c21-15-4-2-11(35(23,24)6-5-34-38(31,32)33)9-14(15)19-20-17-13-3-1-12(36(25,26)27)7-10(13)8-16(18(17)22)37(28,29)30;/h1-4,7-9,21-22H,5-6H2,(H,25,26,27)(H,28,29,30)(H,31,32,33);. The second-order valence-electron chi connectivity index (χ2n) is 7.32. The largest absolute Gasteiger partial charge is 0.506 e. The molecule has 1 radical (unpaired) electrons. The number of hydrogen-bond donors (Lipinski definition) is 5. The molecule has 0 aliphatic heterocycles. The van der Waals surface area contributed by atoms with Crippen LogP contribution in [0.1, 0.15) is 0 Å². The molecule has 0 aromatic heterocycles. The first kappa shape index (κ1) is 32.5. The first-order valence-corrected chi connectivity index (χ1v) is 15.5. The van der Waals surface area contributed by atoms with E-state index in [-0.39, 0.29) is 27.8 Å². The molecule has 0 aliphatic rings. The number of sulfone groups is 1. The van der Waals surface area contributed by atoms with Crippen molar-refractivity contribution in [2.24, 2.45) is 10.2 Å². The fourth-order valence-electron chi connectivity index (χ4n) is 3.04. The zero-order chi connectivity index (χ0) is 28.7. The van der Waals surface area contributed by atoms with E-state index in [9.17, 15) is 53.0 Å². The monoisotopic (exact) mass is 675 g/mol. The summed E-state index contributed by atoms with van der Waals surface area (Å²) in [6.45, 7) is -0.938. The Morgan fingerprint density at radius 2 is 1.36 bits per heavy atom. The first-order valence-electron chi connectivity index (χ1n) is 9.64. The van der Waals surface area contributed by atoms with Gasteiger partial charge in [-0.2, -0.15) is 25.3 Å². The number of aromatic hydroxyl groups is 2. The fraction of sp³-hybridized carbons (Fsp3) is 0.111. The quantitative estimate of drug-likeness (QED) is 0.123. The average Bonchev–Trinajstić information content (AvgIpc) is 2.76. The van der Waals surface area contributed by atoms with Crippen molar-refractivity contribution < 1.29 is 78.8 Å². The van der Waals surface area contributed by atoms with E-state index < -0.39 is 90.4 Å². The number of phenols is 2. The van der Waals surface area contributed by atoms with Gasteiger partial charge in [-0.05, 0) is 41.8 Å². The second-order valence-corrected chi connectivity index (χ2v) is 13.3. The zero-order valence-electron chi connectivity index (χ0n) is 18.7. The molecule has 0 heterocycles. The fourth-order valence-corrected chi connectivity index (χ4v) is 5.67. The Bertz CT molecular complexity index is 1910. The number of fused-ring (bicyclic) bond motifs is 1. The van der Waals surface area contributed by atoms with E-state index in [1.165, 1.54) is 0 Å². The summed E-state index contributed by atoms with van der Waals surface area (Å²) < 4.78 is 124. The van der Waals surface area contributed by atoms with E-state index in [0.29, 0.717) is 6.07 Å². The van der Waals surface area contributed by atoms with Crippen LogP contribution in [-0.4, -0.2) is 69.9 Å². The van der Waals surface area contributed by atoms with Crippen molar-refractivity contribution in [2.45, 2.75) is 14.7 Å². The summed E-state index contributed by atoms with van der Waals surface area (Å²) >= 11 is 0. The topological polar surface area (TPSA) is 272 Å². The van der Waals surface area contributed by atoms with Gasteiger partial charge in [0.1, 0.15) is 22.0 Å². The Hall–Kier alpha value is -2.72. The average molecular weight is 676 g/mol. The van der Waals surface area contributed by atoms with Crippen molar-refractivity contribution in [1.29, 1.82) is 0 Å². The van der Waals surface area contributed by atoms with Crippen LogP contribution in [0, 0.1) is 0 Å². The molecule has 0 bridgehead atoms. The number of hydrogen-bond acceptors (Lipinski definition) is 13. The number of benzene rings is 3. The van der Waals surface area contributed by atoms with Gasteiger partial charge in [0, 0.05) is 22.5 Å². The molecule has 0 saturated carbocycles. The summed E-state index contributed by atoms with van der Waals surface area (Å²) in [7, 11) is -19.0. The number of rotatable bonds is 9. The van der Waals surface area contributed by atoms with E-state index >= 15 is 0 Å². The van der Waals surface area contributed by atoms with Gasteiger partial charge in [0.25, 0.3) is 20.2 Å². The Kier molecular flexibility index (Phi) is 9.51. The third-order valence-electron chi connectivity index (χ3n) is 4.75. The van der Waals surface area contributed by atoms with Crippen LogP contribution in [0.4, 0.5) is 11.4 Å². The molecule has 3 aromatic carbocycles. The molecule has 0 atom stereocenters. The molecule has 0 aliphatic carbocycles. The van der Waals surface area contributed by atoms with Crippen LogP contribution in [0.5, 0.6) is 11.5 Å². The third-order valence-corrected chi connectivity index (χ3v) is 8.60. The summed E-state index contributed by atoms with van der Waals surface area (Å²) in [6.07, 6.45) is 0. The Labute approximate surface area is 231 Å². The van der Waals surface area contributed by atoms with Gasteiger partial charge in [0.05, 0.1) is 22.2 Å². The van der Waals surface area contributed by atoms with E-state index in [2.05, 4.69) is 14.4 Å². The van der Waals surface area contributed by atoms with Gasteiger partial charge >= 0.3 is 10.4 Å². The molecular weight excluding hydrogens is 660 g/mol. The van der Waals surface area contributed by atoms with Gasteiger partial charge in [-0.3, -0.25) is 13.7 Å². The molecule has 39 heavy (non-hydrogen) atoms. The van der Waals surface area contributed by atoms with E-state index in [1.807, 2.05) is 0 Å². The first-order chi connectivity index (χ1) is 17.3. The summed E-state index contributed by atoms with van der Waals surface area (Å²) in [4.78, 5) is -2.26. The van der Waals surface area contributed by atoms with Crippen molar-refractivity contribution in [3.63, 3.8) is 0 Å². The molecule has 5 N–H and O–H groups in total. The van der Waals surface area contributed by atoms with Crippen LogP contribution in [0.2, 0.25) is 0 Å². The smallest absolute Gasteiger partial charge is 0.397 e. The minimum atomic E-state index is -5.10. The third kappa shape index (κ3) is 7.91. The summed E-state index contributed by atoms with van der Waals surface area (Å²) in [5.74, 6) is -2.68. The normalized spacial score (nSPS) is 13.0. The summed E-state index contributed by atoms with van der Waals surface area (Å²) in [6, 6.07) is 6.04. The van der Waals surface area contributed by atoms with Gasteiger partial charge in [-0.25, -0.2) is 12.6 Å². The Morgan fingerprint density at radius 3 is 1.92 bits per heavy atom. The zero-order valence-corrected chi connectivity index (χ0v) is 22.9. The summed E-state index contributed by atoms with van der Waals surface area (Å²) in [5.41, 5.74) is -1.17. The van der Waals surface area contributed by atoms with Crippen LogP contribution in [-0.2, 0) is 61.7 Å². The molecule has 16 nitrogen and oxygen atoms in total. The molecule has 0 unspecified atom stereocenters. The number of phenolic OH excluding ortho intramolecular Hbond substituents is 2. The molecule has 0 amide bonds. The predicted molar refractivity (Wildman–Crippen MR) is 127 cm³/mol. The van der Waals surface area contributed by atoms with Crippen LogP contribution < -0.4 is 0 Å². The summed E-state index contributed by atoms with van der Waals surface area (Å²) in [5, 5.41) is 27.4. The second kappa shape index (κ2) is 11.4. The number of nitrogens with zero attached hydrogens (tertiary/aromatic N) is 2. The van der Waals surface area contributed by atoms with Crippen LogP contribution in [0.3, 0.4) is 0 Å². The Morgan fingerprint density at radius 1 is 0.744 bits per heavy atom. The van der Waals surface area contributed by atoms with E-state index in [1.54, 1.807) is 0 Å². The van der Waals surface area contributed by atoms with Crippen molar-refractivity contribution in [1.82, 2.24) is 0 Å². The van der Waals surface area contributed by atoms with Crippen LogP contribution in [0.25, 0.3) is 10.8 Å². The molecule has 3 rings (SSSR count). The number of azo groups is 1. The maximum Gasteiger partial charge on any atom is 0.397 e. The predicted octanol–water partition coefficient (Wildman–Crippen LogP) is 1.75. The van der Waals surface area contributed by atoms with Crippen molar-refractivity contribution in [3.8, 4) is 11.5 Å². The van der Waals surface area contributed by atoms with Crippen LogP contribution >= 0.6 is 0 Å². The Balaban J connectivity index is 0.00000533. The van der Waals surface area contributed by atoms with Crippen molar-refractivity contribution in [2.75, 3.05) is 12.4 Å². The van der Waals surface area contributed by atoms with Crippen LogP contribution in [0.15, 0.2) is 67.4 Å². The molecule has 0 fully saturated rings.